The van der Waals surface area contributed by atoms with E-state index in [1.807, 2.05) is 18.2 Å². The lowest BCUT2D eigenvalue weighted by molar-refractivity contribution is -0.136. The van der Waals surface area contributed by atoms with Crippen LogP contribution in [0.3, 0.4) is 0 Å². The summed E-state index contributed by atoms with van der Waals surface area (Å²) < 4.78 is 11.4. The first-order chi connectivity index (χ1) is 13.2. The molecule has 1 saturated heterocycles. The molecule has 6 heteroatoms. The number of ether oxygens (including phenoxy) is 2. The molecule has 5 nitrogen and oxygen atoms in total. The van der Waals surface area contributed by atoms with Gasteiger partial charge in [-0.1, -0.05) is 12.1 Å². The summed E-state index contributed by atoms with van der Waals surface area (Å²) in [6, 6.07) is 7.83. The van der Waals surface area contributed by atoms with Gasteiger partial charge in [0.1, 0.15) is 12.4 Å². The van der Waals surface area contributed by atoms with Gasteiger partial charge in [0.25, 0.3) is 0 Å². The van der Waals surface area contributed by atoms with Crippen molar-refractivity contribution in [1.29, 1.82) is 0 Å². The SMILES string of the molecule is O=C(O)Cc1ccc2c(c1)C(=CCCN1CCOCC1)c1sccc1CO2. The molecule has 1 aromatic carbocycles. The summed E-state index contributed by atoms with van der Waals surface area (Å²) in [5.74, 6) is 0.00399. The number of aliphatic carboxylic acids is 1. The van der Waals surface area contributed by atoms with Crippen molar-refractivity contribution in [2.75, 3.05) is 32.8 Å². The maximum Gasteiger partial charge on any atom is 0.307 e. The number of hydrogen-bond donors (Lipinski definition) is 1. The number of benzene rings is 1. The number of morpholine rings is 1. The van der Waals surface area contributed by atoms with Gasteiger partial charge in [-0.05, 0) is 41.1 Å². The van der Waals surface area contributed by atoms with Crippen LogP contribution in [0.2, 0.25) is 0 Å². The second-order valence-electron chi connectivity index (χ2n) is 6.83. The van der Waals surface area contributed by atoms with Crippen LogP contribution in [-0.4, -0.2) is 48.8 Å². The van der Waals surface area contributed by atoms with Crippen LogP contribution in [0, 0.1) is 0 Å². The van der Waals surface area contributed by atoms with Crippen molar-refractivity contribution >= 4 is 22.9 Å². The Hall–Kier alpha value is -2.15. The normalized spacial score (nSPS) is 18.4. The molecule has 2 aliphatic heterocycles. The molecule has 142 valence electrons. The lowest BCUT2D eigenvalue weighted by atomic mass is 9.97. The van der Waals surface area contributed by atoms with Gasteiger partial charge in [0.05, 0.1) is 19.6 Å². The van der Waals surface area contributed by atoms with E-state index >= 15 is 0 Å². The average Bonchev–Trinajstić information content (AvgIpc) is 3.08. The van der Waals surface area contributed by atoms with Gasteiger partial charge in [-0.25, -0.2) is 0 Å². The fourth-order valence-electron chi connectivity index (χ4n) is 3.58. The van der Waals surface area contributed by atoms with Gasteiger partial charge in [-0.2, -0.15) is 0 Å². The molecule has 0 amide bonds. The standard InChI is InChI=1S/C21H23NO4S/c23-20(24)13-15-3-4-19-18(12-15)17(21-16(14-26-19)5-11-27-21)2-1-6-22-7-9-25-10-8-22/h2-5,11-12H,1,6-10,13-14H2,(H,23,24). The summed E-state index contributed by atoms with van der Waals surface area (Å²) in [7, 11) is 0. The van der Waals surface area contributed by atoms with Crippen LogP contribution in [-0.2, 0) is 22.6 Å². The van der Waals surface area contributed by atoms with Crippen LogP contribution in [0.25, 0.3) is 5.57 Å². The average molecular weight is 385 g/mol. The summed E-state index contributed by atoms with van der Waals surface area (Å²) in [4.78, 5) is 14.8. The van der Waals surface area contributed by atoms with Gasteiger partial charge in [-0.15, -0.1) is 11.3 Å². The number of thiophene rings is 1. The summed E-state index contributed by atoms with van der Waals surface area (Å²) in [6.45, 7) is 5.12. The summed E-state index contributed by atoms with van der Waals surface area (Å²) in [6.07, 6.45) is 3.24. The van der Waals surface area contributed by atoms with Crippen LogP contribution < -0.4 is 4.74 Å². The fraction of sp³-hybridized carbons (Fsp3) is 0.381. The molecule has 3 heterocycles. The Labute approximate surface area is 162 Å². The van der Waals surface area contributed by atoms with Gasteiger partial charge >= 0.3 is 5.97 Å². The molecule has 0 radical (unpaired) electrons. The quantitative estimate of drug-likeness (QED) is 0.855. The van der Waals surface area contributed by atoms with E-state index in [9.17, 15) is 4.79 Å². The minimum Gasteiger partial charge on any atom is -0.488 e. The van der Waals surface area contributed by atoms with Gasteiger partial charge in [0, 0.05) is 35.6 Å². The number of fused-ring (bicyclic) bond motifs is 2. The molecule has 1 aromatic heterocycles. The van der Waals surface area contributed by atoms with E-state index in [1.165, 1.54) is 10.4 Å². The van der Waals surface area contributed by atoms with E-state index in [0.717, 1.165) is 61.7 Å². The van der Waals surface area contributed by atoms with Crippen LogP contribution in [0.1, 0.15) is 28.0 Å². The first kappa shape index (κ1) is 18.2. The highest BCUT2D eigenvalue weighted by Gasteiger charge is 2.21. The van der Waals surface area contributed by atoms with Crippen molar-refractivity contribution in [3.8, 4) is 5.75 Å². The van der Waals surface area contributed by atoms with Crippen LogP contribution >= 0.6 is 11.3 Å². The van der Waals surface area contributed by atoms with Crippen molar-refractivity contribution in [3.05, 3.63) is 57.3 Å². The molecule has 4 rings (SSSR count). The van der Waals surface area contributed by atoms with Crippen LogP contribution in [0.4, 0.5) is 0 Å². The van der Waals surface area contributed by atoms with Gasteiger partial charge in [0.2, 0.25) is 0 Å². The maximum absolute atomic E-state index is 11.1. The summed E-state index contributed by atoms with van der Waals surface area (Å²) in [5, 5.41) is 11.2. The second-order valence-corrected chi connectivity index (χ2v) is 7.74. The zero-order valence-corrected chi connectivity index (χ0v) is 16.0. The minimum absolute atomic E-state index is 0.0195. The smallest absolute Gasteiger partial charge is 0.307 e. The third kappa shape index (κ3) is 4.24. The summed E-state index contributed by atoms with van der Waals surface area (Å²) >= 11 is 1.72. The Morgan fingerprint density at radius 2 is 2.11 bits per heavy atom. The molecule has 27 heavy (non-hydrogen) atoms. The molecule has 0 bridgehead atoms. The van der Waals surface area contributed by atoms with E-state index in [4.69, 9.17) is 14.6 Å². The molecular formula is C21H23NO4S. The van der Waals surface area contributed by atoms with Gasteiger partial charge < -0.3 is 14.6 Å². The number of carboxylic acids is 1. The number of nitrogens with zero attached hydrogens (tertiary/aromatic N) is 1. The molecular weight excluding hydrogens is 362 g/mol. The number of rotatable bonds is 5. The molecule has 0 atom stereocenters. The van der Waals surface area contributed by atoms with Gasteiger partial charge in [0.15, 0.2) is 0 Å². The first-order valence-corrected chi connectivity index (χ1v) is 10.1. The molecule has 2 aliphatic rings. The number of carbonyl (C=O) groups is 1. The molecule has 0 unspecified atom stereocenters. The Morgan fingerprint density at radius 3 is 2.93 bits per heavy atom. The third-order valence-electron chi connectivity index (χ3n) is 4.96. The van der Waals surface area contributed by atoms with E-state index in [-0.39, 0.29) is 6.42 Å². The Bertz CT molecular complexity index is 852. The van der Waals surface area contributed by atoms with E-state index in [0.29, 0.717) is 6.61 Å². The molecule has 1 fully saturated rings. The van der Waals surface area contributed by atoms with Crippen molar-refractivity contribution in [2.45, 2.75) is 19.4 Å². The topological polar surface area (TPSA) is 59.0 Å². The monoisotopic (exact) mass is 385 g/mol. The highest BCUT2D eigenvalue weighted by Crippen LogP contribution is 2.40. The van der Waals surface area contributed by atoms with Crippen molar-refractivity contribution < 1.29 is 19.4 Å². The minimum atomic E-state index is -0.820. The molecule has 2 aromatic rings. The van der Waals surface area contributed by atoms with E-state index < -0.39 is 5.97 Å². The predicted octanol–water partition coefficient (Wildman–Crippen LogP) is 3.42. The van der Waals surface area contributed by atoms with Crippen molar-refractivity contribution in [1.82, 2.24) is 4.90 Å². The van der Waals surface area contributed by atoms with E-state index in [2.05, 4.69) is 22.4 Å². The lowest BCUT2D eigenvalue weighted by Crippen LogP contribution is -2.36. The molecule has 0 saturated carbocycles. The zero-order valence-electron chi connectivity index (χ0n) is 15.1. The Balaban J connectivity index is 1.64. The summed E-state index contributed by atoms with van der Waals surface area (Å²) in [5.41, 5.74) is 4.14. The van der Waals surface area contributed by atoms with Gasteiger partial charge in [-0.3, -0.25) is 9.69 Å². The van der Waals surface area contributed by atoms with E-state index in [1.54, 1.807) is 11.3 Å². The predicted molar refractivity (Wildman–Crippen MR) is 105 cm³/mol. The first-order valence-electron chi connectivity index (χ1n) is 9.25. The molecule has 0 spiro atoms. The zero-order chi connectivity index (χ0) is 18.6. The highest BCUT2D eigenvalue weighted by molar-refractivity contribution is 7.11. The Morgan fingerprint density at radius 1 is 1.26 bits per heavy atom. The molecule has 1 N–H and O–H groups in total. The molecule has 0 aliphatic carbocycles. The maximum atomic E-state index is 11.1. The largest absolute Gasteiger partial charge is 0.488 e. The highest BCUT2D eigenvalue weighted by atomic mass is 32.1. The Kier molecular flexibility index (Phi) is 5.57. The van der Waals surface area contributed by atoms with Crippen molar-refractivity contribution in [2.24, 2.45) is 0 Å². The number of carboxylic acid groups (broad SMARTS) is 1. The van der Waals surface area contributed by atoms with Crippen LogP contribution in [0.5, 0.6) is 5.75 Å². The third-order valence-corrected chi connectivity index (χ3v) is 5.95. The van der Waals surface area contributed by atoms with Crippen molar-refractivity contribution in [3.63, 3.8) is 0 Å². The fourth-order valence-corrected chi connectivity index (χ4v) is 4.55. The second kappa shape index (κ2) is 8.25. The number of hydrogen-bond acceptors (Lipinski definition) is 5. The lowest BCUT2D eigenvalue weighted by Gasteiger charge is -2.26. The van der Waals surface area contributed by atoms with Crippen LogP contribution in [0.15, 0.2) is 35.7 Å².